The Balaban J connectivity index is 0.000000501. The summed E-state index contributed by atoms with van der Waals surface area (Å²) in [7, 11) is 1.54. The number of carboxylic acids is 3. The minimum absolute atomic E-state index is 0.160. The number of carboxylic acid groups (broad SMARTS) is 3. The van der Waals surface area contributed by atoms with Crippen LogP contribution in [0.4, 0.5) is 0 Å². The minimum atomic E-state index is -1.08. The summed E-state index contributed by atoms with van der Waals surface area (Å²) >= 11 is 1.20. The van der Waals surface area contributed by atoms with Crippen molar-refractivity contribution < 1.29 is 34.8 Å². The van der Waals surface area contributed by atoms with Crippen LogP contribution < -0.4 is 16.8 Å². The fourth-order valence-corrected chi connectivity index (χ4v) is 2.71. The molecule has 0 fully saturated rings. The number of nitrogens with two attached hydrogens (primary N) is 2. The minimum Gasteiger partial charge on any atom is -0.508 e. The van der Waals surface area contributed by atoms with E-state index in [0.717, 1.165) is 5.56 Å². The molecule has 0 bridgehead atoms. The lowest BCUT2D eigenvalue weighted by atomic mass is 10.1. The second-order valence-corrected chi connectivity index (χ2v) is 6.55. The first kappa shape index (κ1) is 24.7. The highest BCUT2D eigenvalue weighted by Gasteiger charge is 2.17. The van der Waals surface area contributed by atoms with Crippen molar-refractivity contribution in [1.82, 2.24) is 5.32 Å². The number of rotatable bonds is 10. The maximum atomic E-state index is 10.5. The summed E-state index contributed by atoms with van der Waals surface area (Å²) in [5, 5.41) is 37.1. The third-order valence-corrected chi connectivity index (χ3v) is 4.42. The van der Waals surface area contributed by atoms with Gasteiger partial charge in [0.05, 0.1) is 0 Å². The molecule has 0 heterocycles. The van der Waals surface area contributed by atoms with Crippen molar-refractivity contribution >= 4 is 29.7 Å². The Morgan fingerprint density at radius 1 is 0.963 bits per heavy atom. The molecule has 0 saturated carbocycles. The number of likely N-dealkylation sites (N-methyl/N-ethyl adjacent to an activating group) is 1. The lowest BCUT2D eigenvalue weighted by Crippen LogP contribution is -2.38. The number of thioether (sulfide) groups is 1. The number of aromatic hydroxyl groups is 1. The molecule has 10 nitrogen and oxygen atoms in total. The molecule has 0 amide bonds. The molecular weight excluding hydrogens is 378 g/mol. The number of hydrogen-bond donors (Lipinski definition) is 7. The van der Waals surface area contributed by atoms with Gasteiger partial charge in [-0.1, -0.05) is 12.1 Å². The van der Waals surface area contributed by atoms with Gasteiger partial charge >= 0.3 is 17.9 Å². The van der Waals surface area contributed by atoms with Gasteiger partial charge in [0.25, 0.3) is 0 Å². The third kappa shape index (κ3) is 11.1. The number of phenolic OH excluding ortho intramolecular Hbond substituents is 1. The standard InChI is InChI=1S/C9H11NO3.C7H14N2O4S/c10-8(9(12)13)5-6-1-3-7(11)4-2-6;1-9-5(7(12)13)3-14-2-4(8)6(10)11/h1-4,8,11H,5,10H2,(H,12,13);4-5,9H,2-3,8H2,1H3,(H,10,11)(H,12,13). The summed E-state index contributed by atoms with van der Waals surface area (Å²) in [6, 6.07) is 3.82. The topological polar surface area (TPSA) is 196 Å². The SMILES string of the molecule is CNC(CSCC(N)C(=O)O)C(=O)O.NC(Cc1ccc(O)cc1)C(=O)O. The van der Waals surface area contributed by atoms with Crippen LogP contribution in [0.5, 0.6) is 5.75 Å². The van der Waals surface area contributed by atoms with E-state index >= 15 is 0 Å². The largest absolute Gasteiger partial charge is 0.508 e. The van der Waals surface area contributed by atoms with Crippen molar-refractivity contribution in [3.63, 3.8) is 0 Å². The maximum absolute atomic E-state index is 10.5. The molecule has 3 atom stereocenters. The van der Waals surface area contributed by atoms with Crippen LogP contribution in [0.3, 0.4) is 0 Å². The summed E-state index contributed by atoms with van der Waals surface area (Å²) in [5.41, 5.74) is 11.4. The molecular formula is C16H25N3O7S. The molecule has 0 aromatic heterocycles. The van der Waals surface area contributed by atoms with Crippen LogP contribution in [-0.4, -0.2) is 75.0 Å². The number of nitrogens with one attached hydrogen (secondary N) is 1. The number of benzene rings is 1. The average Bonchev–Trinajstić information content (AvgIpc) is 2.60. The van der Waals surface area contributed by atoms with Crippen LogP contribution in [0.25, 0.3) is 0 Å². The van der Waals surface area contributed by atoms with E-state index < -0.39 is 36.0 Å². The van der Waals surface area contributed by atoms with Gasteiger partial charge in [-0.15, -0.1) is 0 Å². The number of hydrogen-bond acceptors (Lipinski definition) is 8. The summed E-state index contributed by atoms with van der Waals surface area (Å²) in [6.07, 6.45) is 0.273. The van der Waals surface area contributed by atoms with Gasteiger partial charge in [0.1, 0.15) is 23.9 Å². The van der Waals surface area contributed by atoms with Crippen molar-refractivity contribution in [2.24, 2.45) is 11.5 Å². The van der Waals surface area contributed by atoms with Gasteiger partial charge in [-0.2, -0.15) is 11.8 Å². The molecule has 0 radical (unpaired) electrons. The first-order valence-corrected chi connectivity index (χ1v) is 8.96. The van der Waals surface area contributed by atoms with E-state index in [2.05, 4.69) is 5.32 Å². The summed E-state index contributed by atoms with van der Waals surface area (Å²) in [4.78, 5) is 31.2. The molecule has 1 aromatic carbocycles. The first-order valence-electron chi connectivity index (χ1n) is 7.81. The maximum Gasteiger partial charge on any atom is 0.321 e. The Morgan fingerprint density at radius 2 is 1.48 bits per heavy atom. The fourth-order valence-electron chi connectivity index (χ4n) is 1.64. The van der Waals surface area contributed by atoms with Crippen molar-refractivity contribution in [2.45, 2.75) is 24.5 Å². The number of phenols is 1. The van der Waals surface area contributed by atoms with E-state index in [0.29, 0.717) is 5.75 Å². The second kappa shape index (κ2) is 12.9. The van der Waals surface area contributed by atoms with Crippen LogP contribution >= 0.6 is 11.8 Å². The fraction of sp³-hybridized carbons (Fsp3) is 0.438. The van der Waals surface area contributed by atoms with E-state index in [1.54, 1.807) is 12.1 Å². The second-order valence-electron chi connectivity index (χ2n) is 5.48. The summed E-state index contributed by atoms with van der Waals surface area (Å²) in [5.74, 6) is -2.38. The third-order valence-electron chi connectivity index (χ3n) is 3.25. The van der Waals surface area contributed by atoms with E-state index in [1.165, 1.54) is 30.9 Å². The Labute approximate surface area is 160 Å². The Kier molecular flexibility index (Phi) is 11.8. The molecule has 11 heteroatoms. The van der Waals surface area contributed by atoms with Crippen molar-refractivity contribution in [1.29, 1.82) is 0 Å². The first-order chi connectivity index (χ1) is 12.6. The van der Waals surface area contributed by atoms with Crippen LogP contribution in [0.15, 0.2) is 24.3 Å². The average molecular weight is 403 g/mol. The number of aliphatic carboxylic acids is 3. The zero-order valence-electron chi connectivity index (χ0n) is 14.7. The molecule has 27 heavy (non-hydrogen) atoms. The molecule has 3 unspecified atom stereocenters. The molecule has 0 saturated heterocycles. The highest BCUT2D eigenvalue weighted by Crippen LogP contribution is 2.10. The molecule has 152 valence electrons. The predicted molar refractivity (Wildman–Crippen MR) is 101 cm³/mol. The molecule has 0 spiro atoms. The Morgan fingerprint density at radius 3 is 1.89 bits per heavy atom. The van der Waals surface area contributed by atoms with Crippen LogP contribution in [0.2, 0.25) is 0 Å². The van der Waals surface area contributed by atoms with Crippen LogP contribution in [-0.2, 0) is 20.8 Å². The van der Waals surface area contributed by atoms with Gasteiger partial charge < -0.3 is 37.2 Å². The van der Waals surface area contributed by atoms with Crippen LogP contribution in [0, 0.1) is 0 Å². The van der Waals surface area contributed by atoms with Crippen LogP contribution in [0.1, 0.15) is 5.56 Å². The van der Waals surface area contributed by atoms with Gasteiger partial charge in [0.15, 0.2) is 0 Å². The lowest BCUT2D eigenvalue weighted by Gasteiger charge is -2.11. The zero-order valence-corrected chi connectivity index (χ0v) is 15.6. The Hall–Kier alpha value is -2.34. The van der Waals surface area contributed by atoms with Crippen molar-refractivity contribution in [3.05, 3.63) is 29.8 Å². The highest BCUT2D eigenvalue weighted by atomic mass is 32.2. The van der Waals surface area contributed by atoms with Gasteiger partial charge in [0, 0.05) is 11.5 Å². The molecule has 0 aliphatic carbocycles. The van der Waals surface area contributed by atoms with E-state index in [9.17, 15) is 14.4 Å². The van der Waals surface area contributed by atoms with Gasteiger partial charge in [-0.05, 0) is 31.2 Å². The van der Waals surface area contributed by atoms with E-state index in [4.69, 9.17) is 31.9 Å². The van der Waals surface area contributed by atoms with Crippen molar-refractivity contribution in [3.8, 4) is 5.75 Å². The van der Waals surface area contributed by atoms with E-state index in [-0.39, 0.29) is 17.9 Å². The predicted octanol–water partition coefficient (Wildman–Crippen LogP) is -0.849. The quantitative estimate of drug-likeness (QED) is 0.257. The smallest absolute Gasteiger partial charge is 0.321 e. The summed E-state index contributed by atoms with van der Waals surface area (Å²) in [6.45, 7) is 0. The zero-order chi connectivity index (χ0) is 21.0. The summed E-state index contributed by atoms with van der Waals surface area (Å²) < 4.78 is 0. The van der Waals surface area contributed by atoms with Gasteiger partial charge in [0.2, 0.25) is 0 Å². The van der Waals surface area contributed by atoms with Gasteiger partial charge in [-0.25, -0.2) is 0 Å². The molecule has 9 N–H and O–H groups in total. The van der Waals surface area contributed by atoms with Gasteiger partial charge in [-0.3, -0.25) is 14.4 Å². The normalized spacial score (nSPS) is 13.6. The van der Waals surface area contributed by atoms with E-state index in [1.807, 2.05) is 0 Å². The number of carbonyl (C=O) groups is 3. The molecule has 0 aliphatic rings. The molecule has 0 aliphatic heterocycles. The molecule has 1 aromatic rings. The molecule has 1 rings (SSSR count). The highest BCUT2D eigenvalue weighted by molar-refractivity contribution is 7.99. The van der Waals surface area contributed by atoms with Crippen molar-refractivity contribution in [2.75, 3.05) is 18.6 Å². The monoisotopic (exact) mass is 403 g/mol. The lowest BCUT2D eigenvalue weighted by molar-refractivity contribution is -0.139. The Bertz CT molecular complexity index is 613.